The number of nitrogen functional groups attached to an aromatic ring is 1. The van der Waals surface area contributed by atoms with Crippen molar-refractivity contribution >= 4 is 35.8 Å². The third kappa shape index (κ3) is 5.22. The summed E-state index contributed by atoms with van der Waals surface area (Å²) in [5.74, 6) is 2.70. The summed E-state index contributed by atoms with van der Waals surface area (Å²) in [6, 6.07) is 0. The van der Waals surface area contributed by atoms with Gasteiger partial charge in [0.1, 0.15) is 36.8 Å². The average molecular weight is 470 g/mol. The molecule has 2 aromatic rings. The van der Waals surface area contributed by atoms with Crippen molar-refractivity contribution in [2.45, 2.75) is 64.0 Å². The number of nitrogens with zero attached hydrogens (tertiary/aromatic N) is 4. The monoisotopic (exact) mass is 469 g/mol. The number of ether oxygens (including phenoxy) is 3. The fraction of sp³-hybridized carbons (Fsp3) is 0.632. The van der Waals surface area contributed by atoms with Gasteiger partial charge in [-0.25, -0.2) is 15.0 Å². The van der Waals surface area contributed by atoms with E-state index in [9.17, 15) is 4.57 Å². The minimum Gasteiger partial charge on any atom is -0.382 e. The molecule has 31 heavy (non-hydrogen) atoms. The van der Waals surface area contributed by atoms with Crippen LogP contribution in [0.3, 0.4) is 0 Å². The van der Waals surface area contributed by atoms with Gasteiger partial charge in [0, 0.05) is 5.66 Å². The zero-order valence-electron chi connectivity index (χ0n) is 17.9. The number of imidazole rings is 1. The van der Waals surface area contributed by atoms with E-state index >= 15 is 0 Å². The Labute approximate surface area is 186 Å². The highest BCUT2D eigenvalue weighted by Gasteiger charge is 2.50. The first kappa shape index (κ1) is 24.0. The highest BCUT2D eigenvalue weighted by atomic mass is 32.7. The Bertz CT molecular complexity index is 994. The molecular formula is C19H28N5O5PS. The van der Waals surface area contributed by atoms with Gasteiger partial charge in [0.15, 0.2) is 17.7 Å². The normalized spacial score (nSPS) is 25.9. The van der Waals surface area contributed by atoms with Gasteiger partial charge < -0.3 is 24.5 Å². The number of hydrogen-bond donors (Lipinski definition) is 2. The van der Waals surface area contributed by atoms with Crippen LogP contribution in [-0.4, -0.2) is 62.8 Å². The molecule has 0 aliphatic carbocycles. The predicted octanol–water partition coefficient (Wildman–Crippen LogP) is 2.67. The highest BCUT2D eigenvalue weighted by Crippen LogP contribution is 2.59. The molecule has 1 aliphatic heterocycles. The van der Waals surface area contributed by atoms with Crippen molar-refractivity contribution in [3.8, 4) is 12.3 Å². The number of thiol groups is 1. The SMILES string of the molecule is C#CCOC1[C@@H](OP(=O)(S)C(C)C)[C@@H](COC(C)C)O[C@H]1n1cnc2c(N)ncnc21. The Kier molecular flexibility index (Phi) is 7.63. The van der Waals surface area contributed by atoms with Crippen molar-refractivity contribution in [2.24, 2.45) is 0 Å². The lowest BCUT2D eigenvalue weighted by atomic mass is 10.1. The average Bonchev–Trinajstić information content (AvgIpc) is 3.26. The first-order valence-electron chi connectivity index (χ1n) is 9.91. The van der Waals surface area contributed by atoms with Crippen LogP contribution in [0.5, 0.6) is 0 Å². The van der Waals surface area contributed by atoms with Gasteiger partial charge in [0.25, 0.3) is 6.57 Å². The Morgan fingerprint density at radius 2 is 2.06 bits per heavy atom. The summed E-state index contributed by atoms with van der Waals surface area (Å²) in [7, 11) is 0. The zero-order chi connectivity index (χ0) is 22.8. The van der Waals surface area contributed by atoms with Gasteiger partial charge in [-0.3, -0.25) is 9.13 Å². The number of rotatable bonds is 9. The maximum absolute atomic E-state index is 13.0. The van der Waals surface area contributed by atoms with Crippen LogP contribution >= 0.6 is 18.8 Å². The third-order valence-electron chi connectivity index (χ3n) is 4.82. The smallest absolute Gasteiger partial charge is 0.257 e. The van der Waals surface area contributed by atoms with Gasteiger partial charge in [-0.1, -0.05) is 32.0 Å². The molecule has 5 atom stereocenters. The van der Waals surface area contributed by atoms with Gasteiger partial charge in [0.05, 0.1) is 19.0 Å². The van der Waals surface area contributed by atoms with Crippen LogP contribution in [0.4, 0.5) is 5.82 Å². The lowest BCUT2D eigenvalue weighted by Gasteiger charge is -2.28. The summed E-state index contributed by atoms with van der Waals surface area (Å²) >= 11 is 4.30. The lowest BCUT2D eigenvalue weighted by molar-refractivity contribution is -0.0783. The van der Waals surface area contributed by atoms with Gasteiger partial charge in [-0.2, -0.15) is 0 Å². The topological polar surface area (TPSA) is 124 Å². The molecule has 0 amide bonds. The number of nitrogens with two attached hydrogens (primary N) is 1. The Balaban J connectivity index is 2.01. The molecule has 3 rings (SSSR count). The maximum atomic E-state index is 13.0. The van der Waals surface area contributed by atoms with Crippen LogP contribution in [0.15, 0.2) is 12.7 Å². The van der Waals surface area contributed by atoms with Crippen LogP contribution in [0.25, 0.3) is 11.2 Å². The fourth-order valence-electron chi connectivity index (χ4n) is 3.15. The van der Waals surface area contributed by atoms with Crippen molar-refractivity contribution in [3.63, 3.8) is 0 Å². The lowest BCUT2D eigenvalue weighted by Crippen LogP contribution is -2.38. The summed E-state index contributed by atoms with van der Waals surface area (Å²) in [5, 5.41) is 0. The van der Waals surface area contributed by atoms with Crippen molar-refractivity contribution in [2.75, 3.05) is 18.9 Å². The number of hydrogen-bond acceptors (Lipinski definition) is 9. The van der Waals surface area contributed by atoms with E-state index in [1.165, 1.54) is 12.7 Å². The number of terminal acetylenes is 1. The predicted molar refractivity (Wildman–Crippen MR) is 120 cm³/mol. The van der Waals surface area contributed by atoms with Crippen LogP contribution in [0.1, 0.15) is 33.9 Å². The Hall–Kier alpha value is -1.67. The second-order valence-corrected chi connectivity index (χ2v) is 11.8. The molecule has 1 fully saturated rings. The van der Waals surface area contributed by atoms with Crippen LogP contribution in [-0.2, 0) is 23.3 Å². The van der Waals surface area contributed by atoms with Gasteiger partial charge in [0.2, 0.25) is 0 Å². The summed E-state index contributed by atoms with van der Waals surface area (Å²) in [6.45, 7) is 4.31. The molecule has 170 valence electrons. The number of anilines is 1. The van der Waals surface area contributed by atoms with E-state index in [0.717, 1.165) is 0 Å². The first-order chi connectivity index (χ1) is 14.7. The van der Waals surface area contributed by atoms with Gasteiger partial charge in [-0.05, 0) is 13.8 Å². The van der Waals surface area contributed by atoms with Crippen molar-refractivity contribution < 1.29 is 23.3 Å². The molecule has 0 aromatic carbocycles. The molecule has 0 spiro atoms. The van der Waals surface area contributed by atoms with Crippen molar-refractivity contribution in [1.29, 1.82) is 0 Å². The molecule has 0 bridgehead atoms. The minimum absolute atomic E-state index is 0.00441. The minimum atomic E-state index is -3.27. The molecule has 2 aromatic heterocycles. The van der Waals surface area contributed by atoms with E-state index in [-0.39, 0.29) is 30.8 Å². The molecule has 2 N–H and O–H groups in total. The van der Waals surface area contributed by atoms with E-state index in [1.807, 2.05) is 13.8 Å². The molecule has 1 saturated heterocycles. The molecule has 0 radical (unpaired) electrons. The largest absolute Gasteiger partial charge is 0.382 e. The second kappa shape index (κ2) is 9.86. The summed E-state index contributed by atoms with van der Waals surface area (Å²) in [6.07, 6.45) is 5.49. The van der Waals surface area contributed by atoms with Gasteiger partial charge in [-0.15, -0.1) is 6.42 Å². The first-order valence-corrected chi connectivity index (χ1v) is 12.8. The van der Waals surface area contributed by atoms with Crippen LogP contribution < -0.4 is 5.73 Å². The van der Waals surface area contributed by atoms with E-state index in [2.05, 4.69) is 33.1 Å². The summed E-state index contributed by atoms with van der Waals surface area (Å²) in [4.78, 5) is 12.5. The maximum Gasteiger partial charge on any atom is 0.257 e. The molecular weight excluding hydrogens is 441 g/mol. The molecule has 10 nitrogen and oxygen atoms in total. The van der Waals surface area contributed by atoms with Crippen molar-refractivity contribution in [3.05, 3.63) is 12.7 Å². The molecule has 1 aliphatic rings. The van der Waals surface area contributed by atoms with E-state index in [4.69, 9.17) is 30.9 Å². The van der Waals surface area contributed by atoms with Crippen LogP contribution in [0.2, 0.25) is 0 Å². The van der Waals surface area contributed by atoms with Gasteiger partial charge >= 0.3 is 0 Å². The fourth-order valence-corrected chi connectivity index (χ4v) is 4.33. The third-order valence-corrected chi connectivity index (χ3v) is 8.34. The van der Waals surface area contributed by atoms with Crippen molar-refractivity contribution in [1.82, 2.24) is 19.5 Å². The highest BCUT2D eigenvalue weighted by molar-refractivity contribution is 8.46. The molecule has 0 saturated carbocycles. The molecule has 3 heterocycles. The Morgan fingerprint density at radius 1 is 1.32 bits per heavy atom. The number of fused-ring (bicyclic) bond motifs is 1. The standard InChI is InChI=1S/C19H28N5O5PS/c1-6-7-26-16-15(29-30(25,31)12(4)5)13(8-27-11(2)3)28-19(16)24-10-23-14-17(20)21-9-22-18(14)24/h1,9-13,15-16,19H,7-8H2,2-5H3,(H,25,31)(H2,20,21,22)/t13-,15+,16?,19-,30?/m1/s1. The van der Waals surface area contributed by atoms with E-state index in [1.54, 1.807) is 18.4 Å². The molecule has 12 heteroatoms. The Morgan fingerprint density at radius 3 is 2.71 bits per heavy atom. The van der Waals surface area contributed by atoms with E-state index in [0.29, 0.717) is 11.2 Å². The number of aromatic nitrogens is 4. The summed E-state index contributed by atoms with van der Waals surface area (Å²) in [5.41, 5.74) is 6.51. The quantitative estimate of drug-likeness (QED) is 0.324. The molecule has 2 unspecified atom stereocenters. The van der Waals surface area contributed by atoms with Crippen LogP contribution in [0, 0.1) is 12.3 Å². The summed E-state index contributed by atoms with van der Waals surface area (Å²) < 4.78 is 38.7. The second-order valence-electron chi connectivity index (χ2n) is 7.74. The van der Waals surface area contributed by atoms with E-state index < -0.39 is 31.1 Å². The zero-order valence-corrected chi connectivity index (χ0v) is 19.7.